The van der Waals surface area contributed by atoms with E-state index in [4.69, 9.17) is 17.3 Å². The number of carbonyl (C=O) groups is 1. The number of rotatable bonds is 3. The predicted octanol–water partition coefficient (Wildman–Crippen LogP) is 1.59. The molecule has 0 spiro atoms. The summed E-state index contributed by atoms with van der Waals surface area (Å²) in [6.07, 6.45) is 1.63. The first kappa shape index (κ1) is 12.4. The van der Waals surface area contributed by atoms with E-state index >= 15 is 0 Å². The topological polar surface area (TPSA) is 72.9 Å². The monoisotopic (exact) mass is 264 g/mol. The number of hydrogen-bond donors (Lipinski definition) is 2. The molecule has 0 radical (unpaired) electrons. The zero-order valence-corrected chi connectivity index (χ0v) is 10.6. The molecule has 1 aromatic carbocycles. The molecule has 0 aliphatic carbocycles. The average Bonchev–Trinajstić information content (AvgIpc) is 2.68. The molecule has 6 heteroatoms. The van der Waals surface area contributed by atoms with Gasteiger partial charge in [0.15, 0.2) is 0 Å². The van der Waals surface area contributed by atoms with Crippen LogP contribution in [-0.4, -0.2) is 15.7 Å². The second-order valence-corrected chi connectivity index (χ2v) is 4.25. The van der Waals surface area contributed by atoms with Gasteiger partial charge in [0.25, 0.3) is 5.91 Å². The average molecular weight is 265 g/mol. The van der Waals surface area contributed by atoms with Crippen LogP contribution in [0, 0.1) is 0 Å². The Balaban J connectivity index is 2.05. The molecule has 0 aliphatic rings. The Labute approximate surface area is 110 Å². The van der Waals surface area contributed by atoms with Crippen molar-refractivity contribution in [2.24, 2.45) is 7.05 Å². The highest BCUT2D eigenvalue weighted by atomic mass is 35.5. The van der Waals surface area contributed by atoms with E-state index in [9.17, 15) is 4.79 Å². The van der Waals surface area contributed by atoms with Crippen LogP contribution in [0.25, 0.3) is 0 Å². The lowest BCUT2D eigenvalue weighted by Crippen LogP contribution is -2.23. The van der Waals surface area contributed by atoms with Crippen LogP contribution in [0.4, 0.5) is 5.82 Å². The quantitative estimate of drug-likeness (QED) is 0.884. The van der Waals surface area contributed by atoms with Crippen LogP contribution in [-0.2, 0) is 13.6 Å². The van der Waals surface area contributed by atoms with Crippen molar-refractivity contribution in [1.82, 2.24) is 15.1 Å². The molecule has 0 saturated heterocycles. The normalized spacial score (nSPS) is 10.3. The number of carbonyl (C=O) groups excluding carboxylic acids is 1. The van der Waals surface area contributed by atoms with Crippen molar-refractivity contribution in [2.45, 2.75) is 6.54 Å². The predicted molar refractivity (Wildman–Crippen MR) is 70.2 cm³/mol. The first-order valence-corrected chi connectivity index (χ1v) is 5.76. The summed E-state index contributed by atoms with van der Waals surface area (Å²) in [5, 5.41) is 7.18. The summed E-state index contributed by atoms with van der Waals surface area (Å²) >= 11 is 5.93. The van der Waals surface area contributed by atoms with Crippen molar-refractivity contribution in [3.05, 3.63) is 46.6 Å². The fourth-order valence-electron chi connectivity index (χ4n) is 1.54. The van der Waals surface area contributed by atoms with E-state index in [1.165, 1.54) is 0 Å². The summed E-state index contributed by atoms with van der Waals surface area (Å²) < 4.78 is 1.55. The van der Waals surface area contributed by atoms with Gasteiger partial charge in [-0.25, -0.2) is 0 Å². The Bertz CT molecular complexity index is 579. The minimum Gasteiger partial charge on any atom is -0.384 e. The van der Waals surface area contributed by atoms with Crippen LogP contribution in [0.1, 0.15) is 15.9 Å². The minimum absolute atomic E-state index is 0.233. The van der Waals surface area contributed by atoms with Crippen LogP contribution in [0.2, 0.25) is 5.02 Å². The third-order valence-corrected chi connectivity index (χ3v) is 2.95. The lowest BCUT2D eigenvalue weighted by atomic mass is 10.2. The van der Waals surface area contributed by atoms with Gasteiger partial charge in [0.1, 0.15) is 5.82 Å². The van der Waals surface area contributed by atoms with Gasteiger partial charge in [0.05, 0.1) is 16.8 Å². The summed E-state index contributed by atoms with van der Waals surface area (Å²) in [6, 6.07) is 6.89. The minimum atomic E-state index is -0.233. The third-order valence-electron chi connectivity index (χ3n) is 2.62. The SMILES string of the molecule is Cn1ncc(CNC(=O)c2ccccc2Cl)c1N. The van der Waals surface area contributed by atoms with Crippen molar-refractivity contribution in [3.63, 3.8) is 0 Å². The summed E-state index contributed by atoms with van der Waals surface area (Å²) in [5.41, 5.74) is 7.00. The second kappa shape index (κ2) is 5.10. The van der Waals surface area contributed by atoms with Gasteiger partial charge in [-0.2, -0.15) is 5.10 Å². The van der Waals surface area contributed by atoms with E-state index in [0.29, 0.717) is 22.9 Å². The molecule has 0 aliphatic heterocycles. The molecular formula is C12H13ClN4O. The highest BCUT2D eigenvalue weighted by molar-refractivity contribution is 6.33. The fourth-order valence-corrected chi connectivity index (χ4v) is 1.77. The number of nitrogen functional groups attached to an aromatic ring is 1. The summed E-state index contributed by atoms with van der Waals surface area (Å²) in [7, 11) is 1.74. The number of aryl methyl sites for hydroxylation is 1. The number of nitrogens with zero attached hydrogens (tertiary/aromatic N) is 2. The van der Waals surface area contributed by atoms with E-state index in [1.807, 2.05) is 0 Å². The lowest BCUT2D eigenvalue weighted by Gasteiger charge is -2.06. The molecule has 5 nitrogen and oxygen atoms in total. The van der Waals surface area contributed by atoms with Gasteiger partial charge in [-0.3, -0.25) is 9.48 Å². The summed E-state index contributed by atoms with van der Waals surface area (Å²) in [5.74, 6) is 0.304. The Kier molecular flexibility index (Phi) is 3.53. The second-order valence-electron chi connectivity index (χ2n) is 3.84. The van der Waals surface area contributed by atoms with E-state index in [-0.39, 0.29) is 5.91 Å². The maximum Gasteiger partial charge on any atom is 0.253 e. The van der Waals surface area contributed by atoms with Gasteiger partial charge in [-0.05, 0) is 12.1 Å². The van der Waals surface area contributed by atoms with Gasteiger partial charge in [-0.1, -0.05) is 23.7 Å². The molecule has 0 saturated carbocycles. The van der Waals surface area contributed by atoms with Crippen molar-refractivity contribution in [1.29, 1.82) is 0 Å². The molecule has 2 aromatic rings. The highest BCUT2D eigenvalue weighted by Crippen LogP contribution is 2.15. The van der Waals surface area contributed by atoms with E-state index in [2.05, 4.69) is 10.4 Å². The Morgan fingerprint density at radius 2 is 2.22 bits per heavy atom. The molecule has 1 amide bonds. The molecular weight excluding hydrogens is 252 g/mol. The van der Waals surface area contributed by atoms with Crippen molar-refractivity contribution in [2.75, 3.05) is 5.73 Å². The number of nitrogens with one attached hydrogen (secondary N) is 1. The smallest absolute Gasteiger partial charge is 0.253 e. The number of anilines is 1. The maximum absolute atomic E-state index is 11.9. The number of aromatic nitrogens is 2. The molecule has 1 aromatic heterocycles. The first-order chi connectivity index (χ1) is 8.59. The number of amides is 1. The first-order valence-electron chi connectivity index (χ1n) is 5.38. The Morgan fingerprint density at radius 3 is 2.83 bits per heavy atom. The largest absolute Gasteiger partial charge is 0.384 e. The summed E-state index contributed by atoms with van der Waals surface area (Å²) in [4.78, 5) is 11.9. The van der Waals surface area contributed by atoms with Gasteiger partial charge in [-0.15, -0.1) is 0 Å². The van der Waals surface area contributed by atoms with Gasteiger partial charge in [0, 0.05) is 19.2 Å². The Morgan fingerprint density at radius 1 is 1.50 bits per heavy atom. The standard InChI is InChI=1S/C12H13ClN4O/c1-17-11(14)8(7-16-17)6-15-12(18)9-4-2-3-5-10(9)13/h2-5,7H,6,14H2,1H3,(H,15,18). The molecule has 0 unspecified atom stereocenters. The third kappa shape index (κ3) is 2.46. The fraction of sp³-hybridized carbons (Fsp3) is 0.167. The van der Waals surface area contributed by atoms with Crippen LogP contribution < -0.4 is 11.1 Å². The van der Waals surface area contributed by atoms with Crippen molar-refractivity contribution >= 4 is 23.3 Å². The number of benzene rings is 1. The highest BCUT2D eigenvalue weighted by Gasteiger charge is 2.10. The molecule has 3 N–H and O–H groups in total. The zero-order chi connectivity index (χ0) is 13.1. The van der Waals surface area contributed by atoms with Gasteiger partial charge < -0.3 is 11.1 Å². The summed E-state index contributed by atoms with van der Waals surface area (Å²) in [6.45, 7) is 0.323. The molecule has 18 heavy (non-hydrogen) atoms. The molecule has 0 bridgehead atoms. The maximum atomic E-state index is 11.9. The number of halogens is 1. The van der Waals surface area contributed by atoms with Crippen LogP contribution in [0.15, 0.2) is 30.5 Å². The number of hydrogen-bond acceptors (Lipinski definition) is 3. The van der Waals surface area contributed by atoms with Gasteiger partial charge in [0.2, 0.25) is 0 Å². The van der Waals surface area contributed by atoms with E-state index < -0.39 is 0 Å². The van der Waals surface area contributed by atoms with E-state index in [0.717, 1.165) is 5.56 Å². The van der Waals surface area contributed by atoms with Crippen LogP contribution in [0.3, 0.4) is 0 Å². The molecule has 94 valence electrons. The van der Waals surface area contributed by atoms with Crippen molar-refractivity contribution < 1.29 is 4.79 Å². The Hall–Kier alpha value is -2.01. The number of nitrogens with two attached hydrogens (primary N) is 1. The molecule has 0 fully saturated rings. The lowest BCUT2D eigenvalue weighted by molar-refractivity contribution is 0.0951. The molecule has 0 atom stereocenters. The van der Waals surface area contributed by atoms with E-state index in [1.54, 1.807) is 42.2 Å². The molecule has 2 rings (SSSR count). The zero-order valence-electron chi connectivity index (χ0n) is 9.85. The van der Waals surface area contributed by atoms with Gasteiger partial charge >= 0.3 is 0 Å². The van der Waals surface area contributed by atoms with Crippen LogP contribution in [0.5, 0.6) is 0 Å². The van der Waals surface area contributed by atoms with Crippen LogP contribution >= 0.6 is 11.6 Å². The van der Waals surface area contributed by atoms with Crippen molar-refractivity contribution in [3.8, 4) is 0 Å². The molecule has 1 heterocycles.